The smallest absolute Gasteiger partial charge is 0.277 e. The van der Waals surface area contributed by atoms with Crippen LogP contribution in [-0.2, 0) is 7.05 Å². The van der Waals surface area contributed by atoms with Crippen LogP contribution in [0.15, 0.2) is 24.5 Å². The van der Waals surface area contributed by atoms with E-state index in [-0.39, 0.29) is 5.91 Å². The Hall–Kier alpha value is -2.15. The number of nitrogens with one attached hydrogen (secondary N) is 2. The van der Waals surface area contributed by atoms with Crippen LogP contribution in [-0.4, -0.2) is 38.6 Å². The van der Waals surface area contributed by atoms with E-state index in [0.29, 0.717) is 17.6 Å². The minimum Gasteiger partial charge on any atom is -0.315 e. The van der Waals surface area contributed by atoms with Gasteiger partial charge in [-0.05, 0) is 25.5 Å². The monoisotopic (exact) mass is 274 g/mol. The quantitative estimate of drug-likeness (QED) is 0.867. The minimum absolute atomic E-state index is 0.212. The van der Waals surface area contributed by atoms with Crippen LogP contribution in [0.4, 0.5) is 5.82 Å². The molecule has 1 atom stereocenters. The van der Waals surface area contributed by atoms with Gasteiger partial charge in [0.25, 0.3) is 5.91 Å². The van der Waals surface area contributed by atoms with Crippen LogP contribution in [0.2, 0.25) is 0 Å². The zero-order chi connectivity index (χ0) is 13.9. The molecule has 0 bridgehead atoms. The molecule has 1 aliphatic heterocycles. The number of amides is 1. The molecule has 2 aromatic rings. The second-order valence-corrected chi connectivity index (χ2v) is 4.98. The molecule has 7 nitrogen and oxygen atoms in total. The molecule has 106 valence electrons. The average molecular weight is 274 g/mol. The molecule has 2 aromatic heterocycles. The molecule has 0 aromatic carbocycles. The number of carbonyl (C=O) groups is 1. The van der Waals surface area contributed by atoms with E-state index in [1.165, 1.54) is 0 Å². The van der Waals surface area contributed by atoms with E-state index in [0.717, 1.165) is 25.9 Å². The first-order valence-electron chi connectivity index (χ1n) is 6.79. The number of rotatable bonds is 3. The van der Waals surface area contributed by atoms with Crippen molar-refractivity contribution >= 4 is 11.7 Å². The van der Waals surface area contributed by atoms with E-state index in [4.69, 9.17) is 0 Å². The van der Waals surface area contributed by atoms with Crippen LogP contribution >= 0.6 is 0 Å². The van der Waals surface area contributed by atoms with Gasteiger partial charge in [-0.2, -0.15) is 10.2 Å². The second kappa shape index (κ2) is 5.46. The predicted molar refractivity (Wildman–Crippen MR) is 74.5 cm³/mol. The Bertz CT molecular complexity index is 596. The number of carbonyl (C=O) groups excluding carboxylic acids is 1. The predicted octanol–water partition coefficient (Wildman–Crippen LogP) is 0.793. The Labute approximate surface area is 117 Å². The van der Waals surface area contributed by atoms with Gasteiger partial charge < -0.3 is 10.6 Å². The third-order valence-corrected chi connectivity index (χ3v) is 3.55. The standard InChI is InChI=1S/C13H18N6O/c1-18-12(4-7-15-18)16-13(20)11-5-8-19(17-11)10-3-2-6-14-9-10/h4-5,7-8,10,14H,2-3,6,9H2,1H3,(H,16,20). The van der Waals surface area contributed by atoms with Gasteiger partial charge in [0.15, 0.2) is 5.69 Å². The normalized spacial score (nSPS) is 18.9. The van der Waals surface area contributed by atoms with Gasteiger partial charge >= 0.3 is 0 Å². The molecule has 0 saturated carbocycles. The van der Waals surface area contributed by atoms with Crippen molar-refractivity contribution in [1.29, 1.82) is 0 Å². The summed E-state index contributed by atoms with van der Waals surface area (Å²) in [5.41, 5.74) is 0.428. The summed E-state index contributed by atoms with van der Waals surface area (Å²) in [6, 6.07) is 3.84. The number of anilines is 1. The number of aryl methyl sites for hydroxylation is 1. The van der Waals surface area contributed by atoms with Crippen molar-refractivity contribution < 1.29 is 4.79 Å². The highest BCUT2D eigenvalue weighted by molar-refractivity contribution is 6.02. The van der Waals surface area contributed by atoms with Crippen molar-refractivity contribution in [1.82, 2.24) is 24.9 Å². The lowest BCUT2D eigenvalue weighted by molar-refractivity contribution is 0.102. The second-order valence-electron chi connectivity index (χ2n) is 4.98. The van der Waals surface area contributed by atoms with Gasteiger partial charge in [-0.3, -0.25) is 14.2 Å². The highest BCUT2D eigenvalue weighted by atomic mass is 16.2. The summed E-state index contributed by atoms with van der Waals surface area (Å²) in [4.78, 5) is 12.1. The fraction of sp³-hybridized carbons (Fsp3) is 0.462. The molecular formula is C13H18N6O. The molecule has 1 amide bonds. The largest absolute Gasteiger partial charge is 0.315 e. The molecule has 1 fully saturated rings. The van der Waals surface area contributed by atoms with Gasteiger partial charge in [-0.1, -0.05) is 0 Å². The first kappa shape index (κ1) is 12.9. The number of hydrogen-bond donors (Lipinski definition) is 2. The van der Waals surface area contributed by atoms with E-state index < -0.39 is 0 Å². The van der Waals surface area contributed by atoms with Crippen LogP contribution in [0.5, 0.6) is 0 Å². The van der Waals surface area contributed by atoms with E-state index in [2.05, 4.69) is 20.8 Å². The zero-order valence-corrected chi connectivity index (χ0v) is 11.4. The van der Waals surface area contributed by atoms with Crippen LogP contribution in [0.3, 0.4) is 0 Å². The van der Waals surface area contributed by atoms with Crippen LogP contribution < -0.4 is 10.6 Å². The molecule has 0 radical (unpaired) electrons. The van der Waals surface area contributed by atoms with E-state index in [1.54, 1.807) is 30.1 Å². The van der Waals surface area contributed by atoms with Crippen LogP contribution in [0, 0.1) is 0 Å². The third kappa shape index (κ3) is 2.57. The number of hydrogen-bond acceptors (Lipinski definition) is 4. The Morgan fingerprint density at radius 2 is 2.40 bits per heavy atom. The van der Waals surface area contributed by atoms with Gasteiger partial charge in [0.2, 0.25) is 0 Å². The van der Waals surface area contributed by atoms with E-state index in [1.807, 2.05) is 10.9 Å². The lowest BCUT2D eigenvalue weighted by Gasteiger charge is -2.22. The molecule has 1 unspecified atom stereocenters. The lowest BCUT2D eigenvalue weighted by atomic mass is 10.1. The van der Waals surface area contributed by atoms with Gasteiger partial charge in [-0.15, -0.1) is 0 Å². The van der Waals surface area contributed by atoms with Crippen molar-refractivity contribution in [2.75, 3.05) is 18.4 Å². The highest BCUT2D eigenvalue weighted by Gasteiger charge is 2.18. The Kier molecular flexibility index (Phi) is 3.51. The van der Waals surface area contributed by atoms with E-state index >= 15 is 0 Å². The molecule has 3 rings (SSSR count). The molecule has 0 spiro atoms. The summed E-state index contributed by atoms with van der Waals surface area (Å²) in [7, 11) is 1.78. The molecule has 1 aliphatic rings. The third-order valence-electron chi connectivity index (χ3n) is 3.55. The average Bonchev–Trinajstić information content (AvgIpc) is 3.10. The summed E-state index contributed by atoms with van der Waals surface area (Å²) < 4.78 is 3.49. The molecule has 7 heteroatoms. The van der Waals surface area contributed by atoms with Gasteiger partial charge in [0.05, 0.1) is 12.2 Å². The van der Waals surface area contributed by atoms with Crippen molar-refractivity contribution in [3.8, 4) is 0 Å². The fourth-order valence-electron chi connectivity index (χ4n) is 2.40. The summed E-state index contributed by atoms with van der Waals surface area (Å²) in [6.07, 6.45) is 5.75. The molecular weight excluding hydrogens is 256 g/mol. The number of aromatic nitrogens is 4. The maximum absolute atomic E-state index is 12.1. The highest BCUT2D eigenvalue weighted by Crippen LogP contribution is 2.16. The maximum atomic E-state index is 12.1. The Balaban J connectivity index is 1.69. The number of nitrogens with zero attached hydrogens (tertiary/aromatic N) is 4. The molecule has 2 N–H and O–H groups in total. The van der Waals surface area contributed by atoms with Crippen molar-refractivity contribution in [3.05, 3.63) is 30.2 Å². The van der Waals surface area contributed by atoms with Crippen molar-refractivity contribution in [2.24, 2.45) is 7.05 Å². The number of piperidine rings is 1. The first-order valence-corrected chi connectivity index (χ1v) is 6.79. The van der Waals surface area contributed by atoms with E-state index in [9.17, 15) is 4.79 Å². The van der Waals surface area contributed by atoms with Crippen LogP contribution in [0.1, 0.15) is 29.4 Å². The van der Waals surface area contributed by atoms with Crippen molar-refractivity contribution in [3.63, 3.8) is 0 Å². The Morgan fingerprint density at radius 3 is 3.10 bits per heavy atom. The minimum atomic E-state index is -0.212. The summed E-state index contributed by atoms with van der Waals surface area (Å²) in [5.74, 6) is 0.444. The summed E-state index contributed by atoms with van der Waals surface area (Å²) >= 11 is 0. The Morgan fingerprint density at radius 1 is 1.50 bits per heavy atom. The van der Waals surface area contributed by atoms with Gasteiger partial charge in [0.1, 0.15) is 5.82 Å². The van der Waals surface area contributed by atoms with Crippen LogP contribution in [0.25, 0.3) is 0 Å². The fourth-order valence-corrected chi connectivity index (χ4v) is 2.40. The molecule has 20 heavy (non-hydrogen) atoms. The van der Waals surface area contributed by atoms with Gasteiger partial charge in [-0.25, -0.2) is 0 Å². The summed E-state index contributed by atoms with van der Waals surface area (Å²) in [5, 5.41) is 14.5. The maximum Gasteiger partial charge on any atom is 0.277 e. The van der Waals surface area contributed by atoms with Crippen molar-refractivity contribution in [2.45, 2.75) is 18.9 Å². The van der Waals surface area contributed by atoms with Gasteiger partial charge in [0, 0.05) is 25.9 Å². The summed E-state index contributed by atoms with van der Waals surface area (Å²) in [6.45, 7) is 1.97. The molecule has 3 heterocycles. The first-order chi connectivity index (χ1) is 9.74. The zero-order valence-electron chi connectivity index (χ0n) is 11.4. The SMILES string of the molecule is Cn1nccc1NC(=O)c1ccn(C2CCCNC2)n1. The molecule has 0 aliphatic carbocycles. The molecule has 1 saturated heterocycles. The lowest BCUT2D eigenvalue weighted by Crippen LogP contribution is -2.32. The topological polar surface area (TPSA) is 76.8 Å².